The van der Waals surface area contributed by atoms with Crippen LogP contribution in [0.4, 0.5) is 4.79 Å². The van der Waals surface area contributed by atoms with Gasteiger partial charge in [0.1, 0.15) is 17.6 Å². The predicted molar refractivity (Wildman–Crippen MR) is 90.9 cm³/mol. The van der Waals surface area contributed by atoms with Gasteiger partial charge in [-0.15, -0.1) is 0 Å². The van der Waals surface area contributed by atoms with Crippen molar-refractivity contribution in [2.75, 3.05) is 13.1 Å². The Morgan fingerprint density at radius 3 is 2.75 bits per heavy atom. The van der Waals surface area contributed by atoms with Crippen molar-refractivity contribution in [3.05, 3.63) is 48.5 Å². The summed E-state index contributed by atoms with van der Waals surface area (Å²) in [4.78, 5) is 22.6. The minimum Gasteiger partial charge on any atom is -0.508 e. The number of aromatic nitrogens is 2. The van der Waals surface area contributed by atoms with E-state index in [1.807, 2.05) is 29.8 Å². The molecule has 1 saturated heterocycles. The van der Waals surface area contributed by atoms with E-state index in [0.29, 0.717) is 18.9 Å². The summed E-state index contributed by atoms with van der Waals surface area (Å²) in [6, 6.07) is 6.55. The van der Waals surface area contributed by atoms with Crippen molar-refractivity contribution in [1.82, 2.24) is 19.8 Å². The molecule has 2 N–H and O–H groups in total. The second-order valence-corrected chi connectivity index (χ2v) is 5.63. The van der Waals surface area contributed by atoms with E-state index in [9.17, 15) is 9.90 Å². The normalized spacial score (nSPS) is 19.0. The summed E-state index contributed by atoms with van der Waals surface area (Å²) in [6.45, 7) is 3.95. The fourth-order valence-electron chi connectivity index (χ4n) is 2.88. The number of aryl methyl sites for hydroxylation is 1. The average molecular weight is 327 g/mol. The molecule has 1 aliphatic rings. The number of phenols is 1. The molecule has 1 aromatic heterocycles. The Morgan fingerprint density at radius 2 is 2.08 bits per heavy atom. The lowest BCUT2D eigenvalue weighted by Crippen LogP contribution is -2.31. The number of phenolic OH excluding ortho intramolecular Hbond substituents is 1. The molecule has 1 unspecified atom stereocenters. The van der Waals surface area contributed by atoms with Crippen LogP contribution in [0.5, 0.6) is 5.75 Å². The third kappa shape index (κ3) is 3.40. The number of carbonyl (C=O) groups excluding carboxylic acids is 1. The second kappa shape index (κ2) is 7.16. The highest BCUT2D eigenvalue weighted by Crippen LogP contribution is 2.28. The number of carbonyl (C=O) groups is 1. The quantitative estimate of drug-likeness (QED) is 0.853. The Hall–Kier alpha value is -2.83. The van der Waals surface area contributed by atoms with Crippen LogP contribution in [0.3, 0.4) is 0 Å². The molecule has 0 spiro atoms. The maximum atomic E-state index is 12.4. The molecule has 2 amide bonds. The van der Waals surface area contributed by atoms with E-state index >= 15 is 0 Å². The lowest BCUT2D eigenvalue weighted by atomic mass is 10.1. The molecule has 126 valence electrons. The molecule has 1 atom stereocenters. The monoisotopic (exact) mass is 327 g/mol. The molecular weight excluding hydrogens is 306 g/mol. The first kappa shape index (κ1) is 16.0. The van der Waals surface area contributed by atoms with Gasteiger partial charge in [-0.2, -0.15) is 0 Å². The third-order valence-corrected chi connectivity index (χ3v) is 3.98. The highest BCUT2D eigenvalue weighted by Gasteiger charge is 2.37. The van der Waals surface area contributed by atoms with Crippen LogP contribution in [0.2, 0.25) is 0 Å². The molecule has 1 fully saturated rings. The number of rotatable bonds is 6. The van der Waals surface area contributed by atoms with E-state index in [1.165, 1.54) is 0 Å². The van der Waals surface area contributed by atoms with Gasteiger partial charge < -0.3 is 14.6 Å². The summed E-state index contributed by atoms with van der Waals surface area (Å²) in [5.41, 5.74) is 0.931. The zero-order chi connectivity index (χ0) is 16.9. The van der Waals surface area contributed by atoms with Gasteiger partial charge in [0.05, 0.1) is 6.33 Å². The molecule has 24 heavy (non-hydrogen) atoms. The zero-order valence-corrected chi connectivity index (χ0v) is 13.6. The van der Waals surface area contributed by atoms with Crippen molar-refractivity contribution >= 4 is 11.9 Å². The highest BCUT2D eigenvalue weighted by molar-refractivity contribution is 6.07. The van der Waals surface area contributed by atoms with Crippen LogP contribution in [0, 0.1) is 0 Å². The number of hydrogen-bond acceptors (Lipinski definition) is 4. The van der Waals surface area contributed by atoms with Gasteiger partial charge in [0.2, 0.25) is 0 Å². The highest BCUT2D eigenvalue weighted by atomic mass is 16.3. The van der Waals surface area contributed by atoms with Gasteiger partial charge in [-0.25, -0.2) is 9.78 Å². The number of nitrogens with one attached hydrogen (secondary N) is 1. The van der Waals surface area contributed by atoms with Crippen LogP contribution in [-0.2, 0) is 6.54 Å². The number of aromatic hydroxyl groups is 1. The average Bonchev–Trinajstić information content (AvgIpc) is 3.18. The topological polar surface area (TPSA) is 82.8 Å². The van der Waals surface area contributed by atoms with E-state index in [-0.39, 0.29) is 17.8 Å². The molecule has 1 aliphatic heterocycles. The van der Waals surface area contributed by atoms with Gasteiger partial charge in [0, 0.05) is 32.0 Å². The number of benzene rings is 1. The fraction of sp³-hybridized carbons (Fsp3) is 0.353. The molecule has 0 saturated carbocycles. The van der Waals surface area contributed by atoms with E-state index in [2.05, 4.69) is 15.3 Å². The minimum absolute atomic E-state index is 0.133. The molecule has 1 aromatic carbocycles. The Labute approximate surface area is 140 Å². The van der Waals surface area contributed by atoms with Crippen molar-refractivity contribution in [2.24, 2.45) is 4.99 Å². The number of aliphatic imine (C=N–C) groups is 1. The van der Waals surface area contributed by atoms with Crippen molar-refractivity contribution in [3.63, 3.8) is 0 Å². The molecular formula is C17H21N5O2. The van der Waals surface area contributed by atoms with E-state index in [0.717, 1.165) is 18.5 Å². The number of amidine groups is 1. The van der Waals surface area contributed by atoms with Crippen molar-refractivity contribution < 1.29 is 9.90 Å². The Bertz CT molecular complexity index is 709. The summed E-state index contributed by atoms with van der Waals surface area (Å²) in [5.74, 6) is 0.868. The van der Waals surface area contributed by atoms with Crippen molar-refractivity contribution in [3.8, 4) is 5.75 Å². The second-order valence-electron chi connectivity index (χ2n) is 5.63. The summed E-state index contributed by atoms with van der Waals surface area (Å²) >= 11 is 0. The first-order valence-electron chi connectivity index (χ1n) is 8.05. The fourth-order valence-corrected chi connectivity index (χ4v) is 2.88. The number of imidazole rings is 1. The summed E-state index contributed by atoms with van der Waals surface area (Å²) < 4.78 is 1.99. The van der Waals surface area contributed by atoms with Gasteiger partial charge in [-0.05, 0) is 31.0 Å². The van der Waals surface area contributed by atoms with Crippen molar-refractivity contribution in [1.29, 1.82) is 0 Å². The van der Waals surface area contributed by atoms with Crippen LogP contribution >= 0.6 is 0 Å². The first-order chi connectivity index (χ1) is 11.7. The molecule has 3 rings (SSSR count). The van der Waals surface area contributed by atoms with Gasteiger partial charge in [-0.1, -0.05) is 12.1 Å². The Kier molecular flexibility index (Phi) is 4.79. The summed E-state index contributed by atoms with van der Waals surface area (Å²) in [5, 5.41) is 12.4. The molecule has 7 nitrogen and oxygen atoms in total. The Morgan fingerprint density at radius 1 is 1.29 bits per heavy atom. The van der Waals surface area contributed by atoms with E-state index in [4.69, 9.17) is 0 Å². The van der Waals surface area contributed by atoms with Crippen LogP contribution in [0.1, 0.15) is 24.9 Å². The maximum Gasteiger partial charge on any atom is 0.323 e. The van der Waals surface area contributed by atoms with Crippen LogP contribution < -0.4 is 5.32 Å². The maximum absolute atomic E-state index is 12.4. The standard InChI is InChI=1S/C17H21N5O2/c1-2-19-16-15(13-4-6-14(23)7-5-13)22(17(24)20-16)10-3-9-21-11-8-18-12-21/h4-8,11-12,15,23H,2-3,9-10H2,1H3,(H,19,20,24). The van der Waals surface area contributed by atoms with Gasteiger partial charge in [-0.3, -0.25) is 10.3 Å². The largest absolute Gasteiger partial charge is 0.508 e. The lowest BCUT2D eigenvalue weighted by molar-refractivity contribution is 0.204. The number of urea groups is 1. The van der Waals surface area contributed by atoms with E-state index < -0.39 is 0 Å². The molecule has 0 radical (unpaired) electrons. The van der Waals surface area contributed by atoms with Crippen LogP contribution in [-0.4, -0.2) is 44.5 Å². The predicted octanol–water partition coefficient (Wildman–Crippen LogP) is 2.16. The molecule has 2 aromatic rings. The zero-order valence-electron chi connectivity index (χ0n) is 13.6. The first-order valence-corrected chi connectivity index (χ1v) is 8.05. The molecule has 0 bridgehead atoms. The Balaban J connectivity index is 1.77. The molecule has 0 aliphatic carbocycles. The molecule has 7 heteroatoms. The van der Waals surface area contributed by atoms with Crippen LogP contribution in [0.25, 0.3) is 0 Å². The SMILES string of the molecule is CCN=C1NC(=O)N(CCCn2ccnc2)C1c1ccc(O)cc1. The minimum atomic E-state index is -0.235. The van der Waals surface area contributed by atoms with Crippen molar-refractivity contribution in [2.45, 2.75) is 25.9 Å². The molecule has 2 heterocycles. The number of hydrogen-bond donors (Lipinski definition) is 2. The van der Waals surface area contributed by atoms with Gasteiger partial charge in [0.15, 0.2) is 0 Å². The van der Waals surface area contributed by atoms with Crippen LogP contribution in [0.15, 0.2) is 48.0 Å². The smallest absolute Gasteiger partial charge is 0.323 e. The number of amides is 2. The van der Waals surface area contributed by atoms with Gasteiger partial charge in [0.25, 0.3) is 0 Å². The lowest BCUT2D eigenvalue weighted by Gasteiger charge is -2.23. The third-order valence-electron chi connectivity index (χ3n) is 3.98. The van der Waals surface area contributed by atoms with Gasteiger partial charge >= 0.3 is 6.03 Å². The van der Waals surface area contributed by atoms with E-state index in [1.54, 1.807) is 29.6 Å². The number of nitrogens with zero attached hydrogens (tertiary/aromatic N) is 4. The summed E-state index contributed by atoms with van der Waals surface area (Å²) in [6.07, 6.45) is 6.24. The summed E-state index contributed by atoms with van der Waals surface area (Å²) in [7, 11) is 0.